The predicted molar refractivity (Wildman–Crippen MR) is 82.9 cm³/mol. The monoisotopic (exact) mass is 310 g/mol. The van der Waals surface area contributed by atoms with Gasteiger partial charge in [0.05, 0.1) is 0 Å². The molecule has 0 saturated carbocycles. The van der Waals surface area contributed by atoms with E-state index in [4.69, 9.17) is 5.11 Å². The fourth-order valence-corrected chi connectivity index (χ4v) is 2.12. The highest BCUT2D eigenvalue weighted by molar-refractivity contribution is 6.39. The predicted octanol–water partition coefficient (Wildman–Crippen LogP) is 1.99. The molecule has 1 unspecified atom stereocenters. The zero-order valence-corrected chi connectivity index (χ0v) is 13.0. The molecule has 0 radical (unpaired) electrons. The van der Waals surface area contributed by atoms with E-state index < -0.39 is 17.6 Å². The van der Waals surface area contributed by atoms with Crippen LogP contribution in [-0.2, 0) is 9.59 Å². The Morgan fingerprint density at radius 1 is 1.27 bits per heavy atom. The van der Waals surface area contributed by atoms with Crippen molar-refractivity contribution in [2.24, 2.45) is 5.92 Å². The molecule has 6 heteroatoms. The van der Waals surface area contributed by atoms with Crippen LogP contribution in [0.4, 0.5) is 10.1 Å². The van der Waals surface area contributed by atoms with E-state index in [1.807, 2.05) is 6.92 Å². The Kier molecular flexibility index (Phi) is 7.52. The molecule has 2 amide bonds. The van der Waals surface area contributed by atoms with Crippen LogP contribution in [0.1, 0.15) is 31.7 Å². The Morgan fingerprint density at radius 2 is 2.00 bits per heavy atom. The molecule has 0 bridgehead atoms. The number of nitrogens with one attached hydrogen (secondary N) is 2. The van der Waals surface area contributed by atoms with Crippen molar-refractivity contribution in [2.45, 2.75) is 33.1 Å². The van der Waals surface area contributed by atoms with Gasteiger partial charge >= 0.3 is 11.8 Å². The largest absolute Gasteiger partial charge is 0.396 e. The Hall–Kier alpha value is -1.95. The number of hydrogen-bond acceptors (Lipinski definition) is 3. The molecule has 3 N–H and O–H groups in total. The Morgan fingerprint density at radius 3 is 2.59 bits per heavy atom. The molecular formula is C16H23FN2O3. The maximum atomic E-state index is 13.4. The van der Waals surface area contributed by atoms with Gasteiger partial charge in [0, 0.05) is 18.8 Å². The summed E-state index contributed by atoms with van der Waals surface area (Å²) < 4.78 is 13.4. The summed E-state index contributed by atoms with van der Waals surface area (Å²) >= 11 is 0. The third-order valence-electron chi connectivity index (χ3n) is 3.42. The van der Waals surface area contributed by atoms with E-state index in [1.54, 1.807) is 6.92 Å². The van der Waals surface area contributed by atoms with Gasteiger partial charge in [-0.1, -0.05) is 19.4 Å². The van der Waals surface area contributed by atoms with Crippen molar-refractivity contribution >= 4 is 17.5 Å². The highest BCUT2D eigenvalue weighted by Crippen LogP contribution is 2.13. The smallest absolute Gasteiger partial charge is 0.313 e. The molecule has 0 aliphatic heterocycles. The number of amides is 2. The third kappa shape index (κ3) is 5.81. The van der Waals surface area contributed by atoms with Gasteiger partial charge in [-0.25, -0.2) is 4.39 Å². The van der Waals surface area contributed by atoms with E-state index in [9.17, 15) is 14.0 Å². The van der Waals surface area contributed by atoms with Crippen molar-refractivity contribution in [1.29, 1.82) is 0 Å². The fraction of sp³-hybridized carbons (Fsp3) is 0.500. The van der Waals surface area contributed by atoms with Crippen molar-refractivity contribution < 1.29 is 19.1 Å². The van der Waals surface area contributed by atoms with Crippen molar-refractivity contribution in [2.75, 3.05) is 18.5 Å². The third-order valence-corrected chi connectivity index (χ3v) is 3.42. The molecule has 0 heterocycles. The maximum absolute atomic E-state index is 13.4. The molecule has 0 spiro atoms. The van der Waals surface area contributed by atoms with E-state index in [1.165, 1.54) is 18.2 Å². The van der Waals surface area contributed by atoms with Crippen LogP contribution in [0.2, 0.25) is 0 Å². The molecule has 1 atom stereocenters. The number of halogens is 1. The van der Waals surface area contributed by atoms with Gasteiger partial charge in [-0.3, -0.25) is 9.59 Å². The average Bonchev–Trinajstić information content (AvgIpc) is 2.48. The minimum absolute atomic E-state index is 0.0510. The normalized spacial score (nSPS) is 11.8. The van der Waals surface area contributed by atoms with Crippen molar-refractivity contribution in [1.82, 2.24) is 5.32 Å². The fourth-order valence-electron chi connectivity index (χ4n) is 2.12. The molecule has 0 aliphatic rings. The van der Waals surface area contributed by atoms with Crippen LogP contribution in [0.3, 0.4) is 0 Å². The molecule has 5 nitrogen and oxygen atoms in total. The first kappa shape index (κ1) is 18.1. The van der Waals surface area contributed by atoms with Crippen LogP contribution in [0.25, 0.3) is 0 Å². The zero-order chi connectivity index (χ0) is 16.5. The van der Waals surface area contributed by atoms with E-state index in [-0.39, 0.29) is 18.2 Å². The highest BCUT2D eigenvalue weighted by atomic mass is 19.1. The Balaban J connectivity index is 2.50. The Labute approximate surface area is 129 Å². The molecule has 0 fully saturated rings. The molecule has 22 heavy (non-hydrogen) atoms. The van der Waals surface area contributed by atoms with Gasteiger partial charge in [0.2, 0.25) is 0 Å². The van der Waals surface area contributed by atoms with Crippen LogP contribution < -0.4 is 10.6 Å². The summed E-state index contributed by atoms with van der Waals surface area (Å²) in [6.07, 6.45) is 2.39. The minimum atomic E-state index is -0.831. The maximum Gasteiger partial charge on any atom is 0.313 e. The van der Waals surface area contributed by atoms with Crippen molar-refractivity contribution in [3.63, 3.8) is 0 Å². The first-order chi connectivity index (χ1) is 10.5. The van der Waals surface area contributed by atoms with Gasteiger partial charge in [-0.2, -0.15) is 0 Å². The lowest BCUT2D eigenvalue weighted by molar-refractivity contribution is -0.136. The van der Waals surface area contributed by atoms with Crippen LogP contribution in [0, 0.1) is 18.7 Å². The van der Waals surface area contributed by atoms with Gasteiger partial charge in [0.15, 0.2) is 0 Å². The molecule has 1 rings (SSSR count). The molecule has 1 aromatic rings. The van der Waals surface area contributed by atoms with Crippen LogP contribution in [0.15, 0.2) is 18.2 Å². The van der Waals surface area contributed by atoms with Crippen LogP contribution in [0.5, 0.6) is 0 Å². The summed E-state index contributed by atoms with van der Waals surface area (Å²) in [6.45, 7) is 4.02. The summed E-state index contributed by atoms with van der Waals surface area (Å²) in [5.74, 6) is -1.89. The van der Waals surface area contributed by atoms with Gasteiger partial charge in [0.25, 0.3) is 0 Å². The Bertz CT molecular complexity index is 514. The molecule has 122 valence electrons. The summed E-state index contributed by atoms with van der Waals surface area (Å²) in [5.41, 5.74) is 0.706. The highest BCUT2D eigenvalue weighted by Gasteiger charge is 2.16. The molecule has 1 aromatic carbocycles. The number of aliphatic hydroxyl groups is 1. The van der Waals surface area contributed by atoms with Crippen molar-refractivity contribution in [3.8, 4) is 0 Å². The van der Waals surface area contributed by atoms with Gasteiger partial charge in [-0.15, -0.1) is 0 Å². The SMILES string of the molecule is CCCC(CCO)CNC(=O)C(=O)Nc1ccc(C)c(F)c1. The first-order valence-corrected chi connectivity index (χ1v) is 7.44. The second-order valence-corrected chi connectivity index (χ2v) is 5.30. The lowest BCUT2D eigenvalue weighted by Gasteiger charge is -2.15. The van der Waals surface area contributed by atoms with Gasteiger partial charge in [-0.05, 0) is 43.4 Å². The molecular weight excluding hydrogens is 287 g/mol. The number of aryl methyl sites for hydroxylation is 1. The number of carbonyl (C=O) groups is 2. The quantitative estimate of drug-likeness (QED) is 0.674. The lowest BCUT2D eigenvalue weighted by atomic mass is 10.0. The number of rotatable bonds is 7. The van der Waals surface area contributed by atoms with Crippen molar-refractivity contribution in [3.05, 3.63) is 29.6 Å². The van der Waals surface area contributed by atoms with Crippen LogP contribution >= 0.6 is 0 Å². The average molecular weight is 310 g/mol. The minimum Gasteiger partial charge on any atom is -0.396 e. The zero-order valence-electron chi connectivity index (χ0n) is 13.0. The summed E-state index contributed by atoms with van der Waals surface area (Å²) in [6, 6.07) is 4.24. The number of carbonyl (C=O) groups excluding carboxylic acids is 2. The molecule has 0 saturated heterocycles. The summed E-state index contributed by atoms with van der Waals surface area (Å²) in [5, 5.41) is 13.9. The van der Waals surface area contributed by atoms with E-state index in [0.717, 1.165) is 12.8 Å². The van der Waals surface area contributed by atoms with E-state index in [2.05, 4.69) is 10.6 Å². The lowest BCUT2D eigenvalue weighted by Crippen LogP contribution is -2.38. The summed E-state index contributed by atoms with van der Waals surface area (Å²) in [4.78, 5) is 23.5. The number of aliphatic hydroxyl groups excluding tert-OH is 1. The van der Waals surface area contributed by atoms with E-state index >= 15 is 0 Å². The van der Waals surface area contributed by atoms with Crippen LogP contribution in [-0.4, -0.2) is 30.1 Å². The standard InChI is InChI=1S/C16H23FN2O3/c1-3-4-12(7-8-20)10-18-15(21)16(22)19-13-6-5-11(2)14(17)9-13/h5-6,9,12,20H,3-4,7-8,10H2,1-2H3,(H,18,21)(H,19,22). The molecule has 0 aliphatic carbocycles. The second kappa shape index (κ2) is 9.15. The second-order valence-electron chi connectivity index (χ2n) is 5.30. The van der Waals surface area contributed by atoms with Gasteiger partial charge < -0.3 is 15.7 Å². The number of benzene rings is 1. The van der Waals surface area contributed by atoms with E-state index in [0.29, 0.717) is 18.5 Å². The first-order valence-electron chi connectivity index (χ1n) is 7.44. The number of anilines is 1. The molecule has 0 aromatic heterocycles. The summed E-state index contributed by atoms with van der Waals surface area (Å²) in [7, 11) is 0. The van der Waals surface area contributed by atoms with Gasteiger partial charge in [0.1, 0.15) is 5.82 Å². The number of hydrogen-bond donors (Lipinski definition) is 3. The topological polar surface area (TPSA) is 78.4 Å².